The van der Waals surface area contributed by atoms with Gasteiger partial charge in [-0.05, 0) is 41.9 Å². The van der Waals surface area contributed by atoms with Crippen LogP contribution < -0.4 is 4.72 Å². The monoisotopic (exact) mass is 398 g/mol. The zero-order valence-corrected chi connectivity index (χ0v) is 16.9. The maximum absolute atomic E-state index is 13.0. The summed E-state index contributed by atoms with van der Waals surface area (Å²) >= 11 is 0. The van der Waals surface area contributed by atoms with Gasteiger partial charge in [0.25, 0.3) is 0 Å². The van der Waals surface area contributed by atoms with Crippen molar-refractivity contribution in [3.8, 4) is 11.1 Å². The van der Waals surface area contributed by atoms with Crippen molar-refractivity contribution in [1.29, 1.82) is 0 Å². The zero-order chi connectivity index (χ0) is 19.7. The number of likely N-dealkylation sites (tertiary alicyclic amines) is 1. The van der Waals surface area contributed by atoms with Gasteiger partial charge in [-0.15, -0.1) is 0 Å². The largest absolute Gasteiger partial charge is 0.341 e. The molecule has 2 aromatic carbocycles. The third kappa shape index (κ3) is 4.45. The van der Waals surface area contributed by atoms with Gasteiger partial charge in [0.1, 0.15) is 0 Å². The molecule has 148 valence electrons. The molecule has 0 spiro atoms. The van der Waals surface area contributed by atoms with Gasteiger partial charge in [-0.3, -0.25) is 4.79 Å². The van der Waals surface area contributed by atoms with Crippen LogP contribution in [0.1, 0.15) is 30.7 Å². The first-order valence-electron chi connectivity index (χ1n) is 9.82. The Bertz CT molecular complexity index is 959. The van der Waals surface area contributed by atoms with Crippen molar-refractivity contribution in [2.75, 3.05) is 19.3 Å². The summed E-state index contributed by atoms with van der Waals surface area (Å²) in [5.41, 5.74) is 3.56. The van der Waals surface area contributed by atoms with E-state index in [1.807, 2.05) is 23.1 Å². The molecule has 0 bridgehead atoms. The summed E-state index contributed by atoms with van der Waals surface area (Å²) in [6, 6.07) is 18.5. The highest BCUT2D eigenvalue weighted by molar-refractivity contribution is 7.88. The first-order chi connectivity index (χ1) is 13.4. The molecule has 1 aliphatic heterocycles. The molecule has 3 atom stereocenters. The average molecular weight is 399 g/mol. The summed E-state index contributed by atoms with van der Waals surface area (Å²) in [6.07, 6.45) is 3.66. The molecule has 2 fully saturated rings. The molecule has 1 N–H and O–H groups in total. The third-order valence-corrected chi connectivity index (χ3v) is 6.40. The van der Waals surface area contributed by atoms with Crippen molar-refractivity contribution in [3.63, 3.8) is 0 Å². The fraction of sp³-hybridized carbons (Fsp3) is 0.409. The predicted octanol–water partition coefficient (Wildman–Crippen LogP) is 3.00. The summed E-state index contributed by atoms with van der Waals surface area (Å²) in [5, 5.41) is 0. The van der Waals surface area contributed by atoms with Crippen LogP contribution in [0.25, 0.3) is 11.1 Å². The first-order valence-corrected chi connectivity index (χ1v) is 11.7. The van der Waals surface area contributed by atoms with Crippen LogP contribution >= 0.6 is 0 Å². The van der Waals surface area contributed by atoms with Crippen molar-refractivity contribution in [2.24, 2.45) is 5.92 Å². The molecule has 1 saturated heterocycles. The molecule has 1 saturated carbocycles. The first kappa shape index (κ1) is 19.2. The summed E-state index contributed by atoms with van der Waals surface area (Å²) in [4.78, 5) is 14.8. The standard InChI is InChI=1S/C22H26N2O3S/c1-28(26,27)23-19-11-6-12-24(15-19)22(25)21-14-20(21)18-10-5-9-17(13-18)16-7-3-2-4-8-16/h2-5,7-10,13,19-21,23H,6,11-12,14-15H2,1H3/t19-,20+,21-/m1/s1. The fourth-order valence-corrected chi connectivity index (χ4v) is 5.02. The minimum atomic E-state index is -3.25. The highest BCUT2D eigenvalue weighted by Gasteiger charge is 2.46. The van der Waals surface area contributed by atoms with Crippen molar-refractivity contribution in [3.05, 3.63) is 60.2 Å². The van der Waals surface area contributed by atoms with Gasteiger partial charge in [0.15, 0.2) is 0 Å². The molecule has 1 aliphatic carbocycles. The van der Waals surface area contributed by atoms with Crippen molar-refractivity contribution in [2.45, 2.75) is 31.2 Å². The van der Waals surface area contributed by atoms with E-state index in [1.165, 1.54) is 22.9 Å². The van der Waals surface area contributed by atoms with Gasteiger partial charge >= 0.3 is 0 Å². The van der Waals surface area contributed by atoms with Gasteiger partial charge in [0.05, 0.1) is 6.26 Å². The van der Waals surface area contributed by atoms with Gasteiger partial charge < -0.3 is 4.90 Å². The Hall–Kier alpha value is -2.18. The Morgan fingerprint density at radius 1 is 1.07 bits per heavy atom. The number of benzene rings is 2. The molecule has 2 aromatic rings. The van der Waals surface area contributed by atoms with E-state index in [1.54, 1.807) is 0 Å². The minimum absolute atomic E-state index is 0.0167. The van der Waals surface area contributed by atoms with Crippen LogP contribution in [-0.4, -0.2) is 44.6 Å². The van der Waals surface area contributed by atoms with E-state index in [0.717, 1.165) is 19.3 Å². The Kier molecular flexibility index (Phi) is 5.25. The molecule has 6 heteroatoms. The lowest BCUT2D eigenvalue weighted by Crippen LogP contribution is -2.49. The normalized spacial score (nSPS) is 24.8. The number of carbonyl (C=O) groups excluding carboxylic acids is 1. The lowest BCUT2D eigenvalue weighted by molar-refractivity contribution is -0.133. The number of carbonyl (C=O) groups is 1. The van der Waals surface area contributed by atoms with Crippen LogP contribution in [0.3, 0.4) is 0 Å². The molecule has 0 unspecified atom stereocenters. The smallest absolute Gasteiger partial charge is 0.226 e. The number of hydrogen-bond acceptors (Lipinski definition) is 3. The lowest BCUT2D eigenvalue weighted by atomic mass is 10.00. The molecule has 5 nitrogen and oxygen atoms in total. The average Bonchev–Trinajstić information content (AvgIpc) is 3.48. The molecule has 0 radical (unpaired) electrons. The van der Waals surface area contributed by atoms with Crippen molar-refractivity contribution in [1.82, 2.24) is 9.62 Å². The zero-order valence-electron chi connectivity index (χ0n) is 16.0. The number of nitrogens with zero attached hydrogens (tertiary/aromatic N) is 1. The van der Waals surface area contributed by atoms with E-state index < -0.39 is 10.0 Å². The topological polar surface area (TPSA) is 66.5 Å². The van der Waals surface area contributed by atoms with E-state index in [2.05, 4.69) is 41.1 Å². The summed E-state index contributed by atoms with van der Waals surface area (Å²) in [5.74, 6) is 0.442. The quantitative estimate of drug-likeness (QED) is 0.842. The third-order valence-electron chi connectivity index (χ3n) is 5.64. The summed E-state index contributed by atoms with van der Waals surface area (Å²) < 4.78 is 25.6. The molecule has 1 amide bonds. The molecule has 2 aliphatic rings. The second kappa shape index (κ2) is 7.68. The van der Waals surface area contributed by atoms with Gasteiger partial charge in [-0.1, -0.05) is 54.6 Å². The van der Waals surface area contributed by atoms with Crippen LogP contribution in [0.2, 0.25) is 0 Å². The van der Waals surface area contributed by atoms with Crippen LogP contribution in [0.5, 0.6) is 0 Å². The SMILES string of the molecule is CS(=O)(=O)N[C@@H]1CCCN(C(=O)[C@@H]2C[C@H]2c2cccc(-c3ccccc3)c2)C1. The number of piperidine rings is 1. The Morgan fingerprint density at radius 3 is 2.57 bits per heavy atom. The minimum Gasteiger partial charge on any atom is -0.341 e. The van der Waals surface area contributed by atoms with Crippen LogP contribution in [0.15, 0.2) is 54.6 Å². The highest BCUT2D eigenvalue weighted by Crippen LogP contribution is 2.49. The molecule has 4 rings (SSSR count). The molecular formula is C22H26N2O3S. The lowest BCUT2D eigenvalue weighted by Gasteiger charge is -2.33. The molecule has 28 heavy (non-hydrogen) atoms. The van der Waals surface area contributed by atoms with Gasteiger partial charge in [-0.2, -0.15) is 0 Å². The van der Waals surface area contributed by atoms with Gasteiger partial charge in [0, 0.05) is 25.0 Å². The number of hydrogen-bond donors (Lipinski definition) is 1. The van der Waals surface area contributed by atoms with E-state index in [4.69, 9.17) is 0 Å². The fourth-order valence-electron chi connectivity index (χ4n) is 4.23. The van der Waals surface area contributed by atoms with Crippen molar-refractivity contribution >= 4 is 15.9 Å². The summed E-state index contributed by atoms with van der Waals surface area (Å²) in [6.45, 7) is 1.19. The maximum Gasteiger partial charge on any atom is 0.226 e. The van der Waals surface area contributed by atoms with Crippen LogP contribution in [-0.2, 0) is 14.8 Å². The molecular weight excluding hydrogens is 372 g/mol. The van der Waals surface area contributed by atoms with E-state index in [-0.39, 0.29) is 23.8 Å². The second-order valence-electron chi connectivity index (χ2n) is 7.95. The number of sulfonamides is 1. The maximum atomic E-state index is 13.0. The van der Waals surface area contributed by atoms with Crippen molar-refractivity contribution < 1.29 is 13.2 Å². The number of nitrogens with one attached hydrogen (secondary N) is 1. The second-order valence-corrected chi connectivity index (χ2v) is 9.73. The number of rotatable bonds is 5. The number of amides is 1. The predicted molar refractivity (Wildman–Crippen MR) is 110 cm³/mol. The highest BCUT2D eigenvalue weighted by atomic mass is 32.2. The Labute approximate surface area is 166 Å². The summed E-state index contributed by atoms with van der Waals surface area (Å²) in [7, 11) is -3.25. The van der Waals surface area contributed by atoms with Gasteiger partial charge in [-0.25, -0.2) is 13.1 Å². The Balaban J connectivity index is 1.42. The van der Waals surface area contributed by atoms with E-state index in [0.29, 0.717) is 13.1 Å². The van der Waals surface area contributed by atoms with Gasteiger partial charge in [0.2, 0.25) is 15.9 Å². The van der Waals surface area contributed by atoms with Crippen LogP contribution in [0.4, 0.5) is 0 Å². The molecule has 0 aromatic heterocycles. The van der Waals surface area contributed by atoms with Crippen LogP contribution in [0, 0.1) is 5.92 Å². The van der Waals surface area contributed by atoms with E-state index >= 15 is 0 Å². The molecule has 1 heterocycles. The van der Waals surface area contributed by atoms with E-state index in [9.17, 15) is 13.2 Å². The Morgan fingerprint density at radius 2 is 1.82 bits per heavy atom.